The van der Waals surface area contributed by atoms with Gasteiger partial charge in [0, 0.05) is 23.1 Å². The first-order valence-corrected chi connectivity index (χ1v) is 15.2. The van der Waals surface area contributed by atoms with Crippen LogP contribution in [0.25, 0.3) is 11.0 Å². The number of anilines is 1. The Labute approximate surface area is 231 Å². The smallest absolute Gasteiger partial charge is 0.183 e. The van der Waals surface area contributed by atoms with Crippen LogP contribution in [-0.2, 0) is 0 Å². The summed E-state index contributed by atoms with van der Waals surface area (Å²) in [5, 5.41) is 6.52. The number of aromatic nitrogens is 3. The molecule has 3 aromatic rings. The van der Waals surface area contributed by atoms with Gasteiger partial charge in [0.05, 0.1) is 17.1 Å². The van der Waals surface area contributed by atoms with Crippen molar-refractivity contribution in [1.82, 2.24) is 15.0 Å². The van der Waals surface area contributed by atoms with Crippen LogP contribution in [-0.4, -0.2) is 26.5 Å². The predicted molar refractivity (Wildman–Crippen MR) is 166 cm³/mol. The average molecular weight is 535 g/mol. The second-order valence-electron chi connectivity index (χ2n) is 9.97. The van der Waals surface area contributed by atoms with Crippen molar-refractivity contribution in [3.63, 3.8) is 0 Å². The van der Waals surface area contributed by atoms with E-state index in [1.807, 2.05) is 35.5 Å². The van der Waals surface area contributed by atoms with Gasteiger partial charge in [0.1, 0.15) is 5.82 Å². The lowest BCUT2D eigenvalue weighted by atomic mass is 10.0. The number of hydrogen-bond donors (Lipinski definition) is 2. The van der Waals surface area contributed by atoms with Crippen LogP contribution < -0.4 is 5.32 Å². The van der Waals surface area contributed by atoms with Crippen molar-refractivity contribution >= 4 is 39.3 Å². The molecule has 0 radical (unpaired) electrons. The zero-order valence-electron chi connectivity index (χ0n) is 23.0. The fraction of sp³-hybridized carbons (Fsp3) is 0.419. The first kappa shape index (κ1) is 29.0. The first-order chi connectivity index (χ1) is 17.9. The molecule has 0 aliphatic rings. The second-order valence-corrected chi connectivity index (χ2v) is 11.9. The minimum Gasteiger partial charge on any atom is -0.351 e. The Morgan fingerprint density at radius 1 is 1.00 bits per heavy atom. The van der Waals surface area contributed by atoms with Gasteiger partial charge >= 0.3 is 0 Å². The molecule has 0 fully saturated rings. The number of nitrogens with one attached hydrogen (secondary N) is 2. The van der Waals surface area contributed by atoms with E-state index < -0.39 is 0 Å². The maximum absolute atomic E-state index is 4.86. The molecule has 1 unspecified atom stereocenters. The molecule has 0 bridgehead atoms. The summed E-state index contributed by atoms with van der Waals surface area (Å²) in [7, 11) is 0. The number of thioether (sulfide) groups is 1. The van der Waals surface area contributed by atoms with Crippen molar-refractivity contribution in [3.05, 3.63) is 88.3 Å². The van der Waals surface area contributed by atoms with Crippen LogP contribution in [0.1, 0.15) is 78.6 Å². The third-order valence-corrected chi connectivity index (χ3v) is 7.74. The molecule has 2 N–H and O–H groups in total. The monoisotopic (exact) mass is 534 g/mol. The Hall–Kier alpha value is -2.57. The van der Waals surface area contributed by atoms with Crippen molar-refractivity contribution in [1.29, 1.82) is 0 Å². The fourth-order valence-electron chi connectivity index (χ4n) is 3.95. The lowest BCUT2D eigenvalue weighted by Crippen LogP contribution is -2.15. The van der Waals surface area contributed by atoms with Gasteiger partial charge in [-0.1, -0.05) is 58.7 Å². The zero-order valence-corrected chi connectivity index (χ0v) is 24.6. The summed E-state index contributed by atoms with van der Waals surface area (Å²) in [4.78, 5) is 12.8. The first-order valence-electron chi connectivity index (χ1n) is 13.2. The van der Waals surface area contributed by atoms with E-state index >= 15 is 0 Å². The standard InChI is InChI=1S/C31H42N4S2/c1-23(2)10-8-11-25(5)12-9-13-26(17-16-24(3)4)18-20-36-22-29(35-31-32-19-21-37-31)30-33-27-14-6-7-15-28(27)34-30/h6-7,10,12,14-16,18-19,21,29H,8-9,11,13,17,20,22H2,1-5H3,(H,32,35)(H,33,34)/b25-12+,26-18-. The number of allylic oxidation sites excluding steroid dienone is 7. The summed E-state index contributed by atoms with van der Waals surface area (Å²) in [6.07, 6.45) is 17.0. The minimum atomic E-state index is 0.0737. The van der Waals surface area contributed by atoms with Gasteiger partial charge in [-0.3, -0.25) is 0 Å². The van der Waals surface area contributed by atoms with Gasteiger partial charge in [-0.15, -0.1) is 11.3 Å². The molecular formula is C31H42N4S2. The highest BCUT2D eigenvalue weighted by Gasteiger charge is 2.17. The van der Waals surface area contributed by atoms with E-state index in [9.17, 15) is 0 Å². The fourth-order valence-corrected chi connectivity index (χ4v) is 5.50. The van der Waals surface area contributed by atoms with Gasteiger partial charge in [0.25, 0.3) is 0 Å². The van der Waals surface area contributed by atoms with Crippen LogP contribution in [0.4, 0.5) is 5.13 Å². The number of fused-ring (bicyclic) bond motifs is 1. The van der Waals surface area contributed by atoms with E-state index in [2.05, 4.69) is 86.3 Å². The highest BCUT2D eigenvalue weighted by molar-refractivity contribution is 7.99. The number of imidazole rings is 1. The molecule has 0 aliphatic carbocycles. The summed E-state index contributed by atoms with van der Waals surface area (Å²) >= 11 is 3.56. The molecular weight excluding hydrogens is 493 g/mol. The van der Waals surface area contributed by atoms with Gasteiger partial charge in [-0.2, -0.15) is 11.8 Å². The molecule has 1 aromatic carbocycles. The largest absolute Gasteiger partial charge is 0.351 e. The third kappa shape index (κ3) is 10.7. The molecule has 0 amide bonds. The van der Waals surface area contributed by atoms with Gasteiger partial charge < -0.3 is 10.3 Å². The normalized spacial score (nSPS) is 13.0. The van der Waals surface area contributed by atoms with Crippen molar-refractivity contribution in [3.8, 4) is 0 Å². The molecule has 4 nitrogen and oxygen atoms in total. The van der Waals surface area contributed by atoms with Crippen LogP contribution in [0.15, 0.2) is 82.4 Å². The Bertz CT molecular complexity index is 1170. The number of H-pyrrole nitrogens is 1. The van der Waals surface area contributed by atoms with E-state index in [-0.39, 0.29) is 6.04 Å². The van der Waals surface area contributed by atoms with Crippen LogP contribution in [0.3, 0.4) is 0 Å². The number of thiazole rings is 1. The van der Waals surface area contributed by atoms with E-state index in [1.54, 1.807) is 11.3 Å². The Kier molecular flexibility index (Phi) is 12.2. The van der Waals surface area contributed by atoms with Crippen molar-refractivity contribution < 1.29 is 0 Å². The number of hydrogen-bond acceptors (Lipinski definition) is 5. The summed E-state index contributed by atoms with van der Waals surface area (Å²) in [6.45, 7) is 11.0. The van der Waals surface area contributed by atoms with Crippen molar-refractivity contribution in [2.75, 3.05) is 16.8 Å². The molecule has 0 spiro atoms. The number of nitrogens with zero attached hydrogens (tertiary/aromatic N) is 2. The van der Waals surface area contributed by atoms with Gasteiger partial charge in [-0.25, -0.2) is 9.97 Å². The Morgan fingerprint density at radius 2 is 1.78 bits per heavy atom. The Morgan fingerprint density at radius 3 is 2.51 bits per heavy atom. The zero-order chi connectivity index (χ0) is 26.5. The third-order valence-electron chi connectivity index (χ3n) is 6.06. The molecule has 2 heterocycles. The maximum atomic E-state index is 4.86. The van der Waals surface area contributed by atoms with Crippen LogP contribution in [0.2, 0.25) is 0 Å². The van der Waals surface area contributed by atoms with E-state index in [1.165, 1.54) is 22.3 Å². The van der Waals surface area contributed by atoms with E-state index in [0.717, 1.165) is 65.6 Å². The summed E-state index contributed by atoms with van der Waals surface area (Å²) in [6, 6.07) is 8.28. The average Bonchev–Trinajstić information content (AvgIpc) is 3.53. The topological polar surface area (TPSA) is 53.6 Å². The van der Waals surface area contributed by atoms with E-state index in [4.69, 9.17) is 4.98 Å². The lowest BCUT2D eigenvalue weighted by molar-refractivity contribution is 0.825. The molecule has 0 saturated carbocycles. The molecule has 6 heteroatoms. The predicted octanol–water partition coefficient (Wildman–Crippen LogP) is 9.66. The van der Waals surface area contributed by atoms with Gasteiger partial charge in [0.2, 0.25) is 0 Å². The molecule has 198 valence electrons. The maximum Gasteiger partial charge on any atom is 0.183 e. The number of rotatable bonds is 15. The summed E-state index contributed by atoms with van der Waals surface area (Å²) < 4.78 is 0. The SMILES string of the molecule is CC(C)=CCC/C(C)=C/CC/C(=C/CSCC(Nc1nccs1)c1nc2ccccc2[nH]1)CC=C(C)C. The molecule has 1 atom stereocenters. The van der Waals surface area contributed by atoms with Crippen LogP contribution >= 0.6 is 23.1 Å². The molecule has 37 heavy (non-hydrogen) atoms. The molecule has 3 rings (SSSR count). The van der Waals surface area contributed by atoms with Gasteiger partial charge in [0.15, 0.2) is 5.13 Å². The lowest BCUT2D eigenvalue weighted by Gasteiger charge is -2.15. The highest BCUT2D eigenvalue weighted by Crippen LogP contribution is 2.26. The van der Waals surface area contributed by atoms with Crippen molar-refractivity contribution in [2.24, 2.45) is 0 Å². The molecule has 0 aliphatic heterocycles. The van der Waals surface area contributed by atoms with Crippen LogP contribution in [0, 0.1) is 0 Å². The number of para-hydroxylation sites is 2. The Balaban J connectivity index is 1.60. The van der Waals surface area contributed by atoms with Crippen LogP contribution in [0.5, 0.6) is 0 Å². The minimum absolute atomic E-state index is 0.0737. The highest BCUT2D eigenvalue weighted by atomic mass is 32.2. The summed E-state index contributed by atoms with van der Waals surface area (Å²) in [5.41, 5.74) is 7.87. The molecule has 0 saturated heterocycles. The number of benzene rings is 1. The van der Waals surface area contributed by atoms with Gasteiger partial charge in [-0.05, 0) is 78.9 Å². The quantitative estimate of drug-likeness (QED) is 0.150. The summed E-state index contributed by atoms with van der Waals surface area (Å²) in [5.74, 6) is 2.87. The molecule has 2 aromatic heterocycles. The second kappa shape index (κ2) is 15.6. The number of aromatic amines is 1. The van der Waals surface area contributed by atoms with E-state index in [0.29, 0.717) is 0 Å². The van der Waals surface area contributed by atoms with Crippen molar-refractivity contribution in [2.45, 2.75) is 72.8 Å².